The molecular weight excluding hydrogens is 366 g/mol. The predicted octanol–water partition coefficient (Wildman–Crippen LogP) is 4.36. The van der Waals surface area contributed by atoms with E-state index < -0.39 is 6.10 Å². The van der Waals surface area contributed by atoms with Crippen LogP contribution >= 0.6 is 0 Å². The number of nitrogens with one attached hydrogen (secondary N) is 1. The fourth-order valence-electron chi connectivity index (χ4n) is 3.03. The lowest BCUT2D eigenvalue weighted by Gasteiger charge is -2.17. The minimum absolute atomic E-state index is 0.149. The average molecular weight is 387 g/mol. The molecule has 3 aromatic carbocycles. The molecule has 1 aromatic heterocycles. The molecule has 0 saturated heterocycles. The van der Waals surface area contributed by atoms with E-state index in [2.05, 4.69) is 15.5 Å². The Hall–Kier alpha value is -3.67. The molecule has 1 atom stereocenters. The molecule has 1 N–H and O–H groups in total. The van der Waals surface area contributed by atoms with Crippen LogP contribution in [0.3, 0.4) is 0 Å². The van der Waals surface area contributed by atoms with Gasteiger partial charge in [-0.3, -0.25) is 4.79 Å². The maximum Gasteiger partial charge on any atom is 0.261 e. The molecule has 146 valence electrons. The Morgan fingerprint density at radius 3 is 2.59 bits per heavy atom. The summed E-state index contributed by atoms with van der Waals surface area (Å²) < 4.78 is 11.2. The van der Waals surface area contributed by atoms with Crippen molar-refractivity contribution in [3.05, 3.63) is 78.7 Å². The third kappa shape index (κ3) is 4.43. The number of carbonyl (C=O) groups is 1. The van der Waals surface area contributed by atoms with E-state index in [0.717, 1.165) is 16.3 Å². The maximum atomic E-state index is 12.6. The molecule has 0 radical (unpaired) electrons. The highest BCUT2D eigenvalue weighted by molar-refractivity contribution is 5.84. The highest BCUT2D eigenvalue weighted by Gasteiger charge is 2.19. The summed E-state index contributed by atoms with van der Waals surface area (Å²) in [7, 11) is 0. The molecule has 0 aliphatic heterocycles. The Morgan fingerprint density at radius 1 is 1.03 bits per heavy atom. The number of hydrogen-bond acceptors (Lipinski definition) is 5. The fourth-order valence-corrected chi connectivity index (χ4v) is 3.03. The van der Waals surface area contributed by atoms with E-state index >= 15 is 0 Å². The second-order valence-corrected chi connectivity index (χ2v) is 6.62. The van der Waals surface area contributed by atoms with Gasteiger partial charge in [-0.1, -0.05) is 72.7 Å². The van der Waals surface area contributed by atoms with E-state index in [1.54, 1.807) is 0 Å². The summed E-state index contributed by atoms with van der Waals surface area (Å²) in [5.74, 6) is 1.28. The van der Waals surface area contributed by atoms with Gasteiger partial charge < -0.3 is 14.6 Å². The van der Waals surface area contributed by atoms with Crippen LogP contribution in [0.2, 0.25) is 0 Å². The van der Waals surface area contributed by atoms with Gasteiger partial charge in [-0.2, -0.15) is 4.98 Å². The summed E-state index contributed by atoms with van der Waals surface area (Å²) in [5.41, 5.74) is 0.861. The molecule has 0 fully saturated rings. The molecular formula is C23H21N3O3. The highest BCUT2D eigenvalue weighted by atomic mass is 16.5. The number of aromatic nitrogens is 2. The molecule has 0 aliphatic rings. The van der Waals surface area contributed by atoms with Gasteiger partial charge in [0.1, 0.15) is 5.75 Å². The molecule has 0 bridgehead atoms. The minimum atomic E-state index is -0.604. The quantitative estimate of drug-likeness (QED) is 0.510. The Kier molecular flexibility index (Phi) is 5.52. The number of fused-ring (bicyclic) bond motifs is 1. The summed E-state index contributed by atoms with van der Waals surface area (Å²) in [5, 5.41) is 8.97. The van der Waals surface area contributed by atoms with E-state index in [0.29, 0.717) is 23.9 Å². The van der Waals surface area contributed by atoms with Gasteiger partial charge >= 0.3 is 0 Å². The minimum Gasteiger partial charge on any atom is -0.481 e. The maximum absolute atomic E-state index is 12.6. The zero-order chi connectivity index (χ0) is 20.1. The molecule has 1 amide bonds. The van der Waals surface area contributed by atoms with Crippen LogP contribution in [-0.4, -0.2) is 22.2 Å². The number of benzene rings is 3. The lowest BCUT2D eigenvalue weighted by molar-refractivity contribution is -0.128. The number of rotatable bonds is 7. The van der Waals surface area contributed by atoms with Crippen molar-refractivity contribution in [2.45, 2.75) is 26.0 Å². The van der Waals surface area contributed by atoms with Crippen molar-refractivity contribution in [3.8, 4) is 17.1 Å². The number of nitrogens with zero attached hydrogens (tertiary/aromatic N) is 2. The zero-order valence-corrected chi connectivity index (χ0v) is 16.0. The van der Waals surface area contributed by atoms with Gasteiger partial charge in [0.25, 0.3) is 5.91 Å². The number of ether oxygens (including phenoxy) is 1. The van der Waals surface area contributed by atoms with Crippen LogP contribution in [0.4, 0.5) is 0 Å². The van der Waals surface area contributed by atoms with Crippen molar-refractivity contribution in [1.29, 1.82) is 0 Å². The molecule has 4 aromatic rings. The molecule has 1 heterocycles. The van der Waals surface area contributed by atoms with Crippen molar-refractivity contribution in [1.82, 2.24) is 15.5 Å². The van der Waals surface area contributed by atoms with Crippen LogP contribution in [0, 0.1) is 0 Å². The second-order valence-electron chi connectivity index (χ2n) is 6.62. The van der Waals surface area contributed by atoms with Crippen LogP contribution < -0.4 is 10.1 Å². The Labute approximate surface area is 168 Å². The average Bonchev–Trinajstić information content (AvgIpc) is 3.25. The van der Waals surface area contributed by atoms with Gasteiger partial charge in [-0.15, -0.1) is 0 Å². The topological polar surface area (TPSA) is 77.2 Å². The molecule has 6 heteroatoms. The molecule has 6 nitrogen and oxygen atoms in total. The van der Waals surface area contributed by atoms with Crippen LogP contribution in [0.1, 0.15) is 19.2 Å². The van der Waals surface area contributed by atoms with Gasteiger partial charge in [0.05, 0.1) is 6.54 Å². The Bertz CT molecular complexity index is 1110. The lowest BCUT2D eigenvalue weighted by Crippen LogP contribution is -2.37. The summed E-state index contributed by atoms with van der Waals surface area (Å²) in [6.45, 7) is 2.06. The Morgan fingerprint density at radius 2 is 1.79 bits per heavy atom. The molecule has 0 saturated carbocycles. The van der Waals surface area contributed by atoms with E-state index in [1.165, 1.54) is 0 Å². The largest absolute Gasteiger partial charge is 0.481 e. The van der Waals surface area contributed by atoms with Crippen molar-refractivity contribution >= 4 is 16.7 Å². The van der Waals surface area contributed by atoms with Crippen LogP contribution in [0.15, 0.2) is 77.3 Å². The molecule has 0 aliphatic carbocycles. The van der Waals surface area contributed by atoms with Crippen LogP contribution in [0.25, 0.3) is 22.2 Å². The van der Waals surface area contributed by atoms with Crippen LogP contribution in [-0.2, 0) is 11.3 Å². The third-order valence-corrected chi connectivity index (χ3v) is 4.58. The summed E-state index contributed by atoms with van der Waals surface area (Å²) in [6.07, 6.45) is -0.0646. The molecule has 0 unspecified atom stereocenters. The first kappa shape index (κ1) is 18.7. The van der Waals surface area contributed by atoms with E-state index in [4.69, 9.17) is 9.26 Å². The predicted molar refractivity (Wildman–Crippen MR) is 110 cm³/mol. The smallest absolute Gasteiger partial charge is 0.261 e. The van der Waals surface area contributed by atoms with Crippen LogP contribution in [0.5, 0.6) is 5.75 Å². The van der Waals surface area contributed by atoms with Gasteiger partial charge in [0.2, 0.25) is 11.7 Å². The first-order valence-corrected chi connectivity index (χ1v) is 9.54. The van der Waals surface area contributed by atoms with Gasteiger partial charge in [0, 0.05) is 5.56 Å². The van der Waals surface area contributed by atoms with Gasteiger partial charge in [-0.05, 0) is 29.3 Å². The van der Waals surface area contributed by atoms with Crippen molar-refractivity contribution in [2.75, 3.05) is 0 Å². The Balaban J connectivity index is 1.38. The number of amides is 1. The monoisotopic (exact) mass is 387 g/mol. The summed E-state index contributed by atoms with van der Waals surface area (Å²) >= 11 is 0. The summed E-state index contributed by atoms with van der Waals surface area (Å²) in [6, 6.07) is 23.4. The normalized spacial score (nSPS) is 11.9. The van der Waals surface area contributed by atoms with E-state index in [9.17, 15) is 4.79 Å². The van der Waals surface area contributed by atoms with Crippen molar-refractivity contribution < 1.29 is 14.1 Å². The first-order chi connectivity index (χ1) is 14.2. The van der Waals surface area contributed by atoms with Gasteiger partial charge in [-0.25, -0.2) is 0 Å². The van der Waals surface area contributed by atoms with E-state index in [1.807, 2.05) is 79.7 Å². The molecule has 0 spiro atoms. The first-order valence-electron chi connectivity index (χ1n) is 9.54. The van der Waals surface area contributed by atoms with E-state index in [-0.39, 0.29) is 12.5 Å². The SMILES string of the molecule is CC[C@@H](Oc1ccc2ccccc2c1)C(=O)NCc1nc(-c2ccccc2)no1. The number of carbonyl (C=O) groups excluding carboxylic acids is 1. The second kappa shape index (κ2) is 8.56. The highest BCUT2D eigenvalue weighted by Crippen LogP contribution is 2.22. The van der Waals surface area contributed by atoms with Gasteiger partial charge in [0.15, 0.2) is 6.10 Å². The van der Waals surface area contributed by atoms with Crippen molar-refractivity contribution in [2.24, 2.45) is 0 Å². The summed E-state index contributed by atoms with van der Waals surface area (Å²) in [4.78, 5) is 16.9. The molecule has 4 rings (SSSR count). The third-order valence-electron chi connectivity index (χ3n) is 4.58. The number of hydrogen-bond donors (Lipinski definition) is 1. The lowest BCUT2D eigenvalue weighted by atomic mass is 10.1. The molecule has 29 heavy (non-hydrogen) atoms. The van der Waals surface area contributed by atoms with Crippen molar-refractivity contribution in [3.63, 3.8) is 0 Å². The fraction of sp³-hybridized carbons (Fsp3) is 0.174. The zero-order valence-electron chi connectivity index (χ0n) is 16.0. The standard InChI is InChI=1S/C23H21N3O3/c1-2-20(28-19-13-12-16-8-6-7-11-18(16)14-19)23(27)24-15-21-25-22(26-29-21)17-9-4-3-5-10-17/h3-14,20H,2,15H2,1H3,(H,24,27)/t20-/m1/s1.